The van der Waals surface area contributed by atoms with Crippen molar-refractivity contribution in [2.24, 2.45) is 11.8 Å². The first kappa shape index (κ1) is 25.3. The SMILES string of the molecule is CC(=O)N1C2CCC(C3CCC(N(C)S(C)(=O)=O)CC3)CC2N(C(=O)OC(C)C)C[C@@H]1C. The van der Waals surface area contributed by atoms with Crippen molar-refractivity contribution in [1.29, 1.82) is 0 Å². The minimum Gasteiger partial charge on any atom is -0.447 e. The molecule has 32 heavy (non-hydrogen) atoms. The van der Waals surface area contributed by atoms with Gasteiger partial charge in [0.15, 0.2) is 0 Å². The van der Waals surface area contributed by atoms with E-state index in [9.17, 15) is 18.0 Å². The predicted molar refractivity (Wildman–Crippen MR) is 124 cm³/mol. The lowest BCUT2D eigenvalue weighted by molar-refractivity contribution is -0.142. The Kier molecular flexibility index (Phi) is 7.80. The fourth-order valence-corrected chi connectivity index (χ4v) is 7.07. The molecule has 0 aromatic rings. The lowest BCUT2D eigenvalue weighted by Crippen LogP contribution is -2.67. The summed E-state index contributed by atoms with van der Waals surface area (Å²) < 4.78 is 30.9. The third kappa shape index (κ3) is 5.41. The second-order valence-corrected chi connectivity index (χ2v) is 12.5. The van der Waals surface area contributed by atoms with Gasteiger partial charge < -0.3 is 14.5 Å². The second kappa shape index (κ2) is 9.87. The van der Waals surface area contributed by atoms with Crippen molar-refractivity contribution in [2.75, 3.05) is 19.8 Å². The zero-order valence-corrected chi connectivity index (χ0v) is 21.3. The monoisotopic (exact) mass is 471 g/mol. The Morgan fingerprint density at radius 1 is 1.00 bits per heavy atom. The minimum atomic E-state index is -3.17. The van der Waals surface area contributed by atoms with Gasteiger partial charge in [0.25, 0.3) is 0 Å². The van der Waals surface area contributed by atoms with Crippen LogP contribution in [0.5, 0.6) is 0 Å². The molecular weight excluding hydrogens is 430 g/mol. The van der Waals surface area contributed by atoms with E-state index in [0.717, 1.165) is 44.9 Å². The number of nitrogens with zero attached hydrogens (tertiary/aromatic N) is 3. The molecule has 2 saturated carbocycles. The molecule has 3 fully saturated rings. The smallest absolute Gasteiger partial charge is 0.410 e. The highest BCUT2D eigenvalue weighted by Gasteiger charge is 2.48. The van der Waals surface area contributed by atoms with Gasteiger partial charge in [-0.3, -0.25) is 4.79 Å². The first-order chi connectivity index (χ1) is 14.9. The van der Waals surface area contributed by atoms with E-state index < -0.39 is 10.0 Å². The van der Waals surface area contributed by atoms with E-state index in [1.807, 2.05) is 30.6 Å². The molecule has 2 aliphatic carbocycles. The molecule has 8 nitrogen and oxygen atoms in total. The van der Waals surface area contributed by atoms with Crippen LogP contribution in [0.4, 0.5) is 4.79 Å². The van der Waals surface area contributed by atoms with Gasteiger partial charge in [-0.25, -0.2) is 17.5 Å². The standard InChI is InChI=1S/C23H41N3O5S/c1-15(2)31-23(28)25-14-16(3)26(17(4)27)21-12-9-19(13-22(21)25)18-7-10-20(11-8-18)24(5)32(6,29)30/h15-16,18-22H,7-14H2,1-6H3/t16-,18?,19?,20?,21?,22?/m0/s1. The Labute approximate surface area is 193 Å². The molecule has 1 heterocycles. The number of piperazine rings is 1. The van der Waals surface area contributed by atoms with Crippen molar-refractivity contribution in [3.05, 3.63) is 0 Å². The van der Waals surface area contributed by atoms with Crippen molar-refractivity contribution >= 4 is 22.0 Å². The fraction of sp³-hybridized carbons (Fsp3) is 0.913. The molecule has 1 aliphatic heterocycles. The van der Waals surface area contributed by atoms with Gasteiger partial charge in [-0.15, -0.1) is 0 Å². The number of fused-ring (bicyclic) bond motifs is 1. The highest BCUT2D eigenvalue weighted by molar-refractivity contribution is 7.88. The molecule has 184 valence electrons. The minimum absolute atomic E-state index is 0.0171. The van der Waals surface area contributed by atoms with E-state index >= 15 is 0 Å². The third-order valence-electron chi connectivity index (χ3n) is 7.90. The average molecular weight is 472 g/mol. The van der Waals surface area contributed by atoms with Crippen LogP contribution in [0.1, 0.15) is 72.6 Å². The lowest BCUT2D eigenvalue weighted by atomic mass is 9.69. The van der Waals surface area contributed by atoms with Gasteiger partial charge in [-0.05, 0) is 77.6 Å². The Balaban J connectivity index is 1.71. The van der Waals surface area contributed by atoms with Crippen LogP contribution < -0.4 is 0 Å². The molecule has 3 rings (SSSR count). The summed E-state index contributed by atoms with van der Waals surface area (Å²) in [5.74, 6) is 1.10. The molecule has 3 unspecified atom stereocenters. The zero-order chi connectivity index (χ0) is 23.8. The molecule has 2 amide bonds. The predicted octanol–water partition coefficient (Wildman–Crippen LogP) is 3.07. The second-order valence-electron chi connectivity index (χ2n) is 10.4. The average Bonchev–Trinajstić information content (AvgIpc) is 2.70. The number of sulfonamides is 1. The van der Waals surface area contributed by atoms with Crippen LogP contribution >= 0.6 is 0 Å². The first-order valence-corrected chi connectivity index (χ1v) is 13.9. The van der Waals surface area contributed by atoms with Crippen LogP contribution in [0.2, 0.25) is 0 Å². The van der Waals surface area contributed by atoms with Crippen molar-refractivity contribution in [2.45, 2.75) is 103 Å². The molecule has 0 aromatic carbocycles. The summed E-state index contributed by atoms with van der Waals surface area (Å²) in [6.45, 7) is 7.87. The van der Waals surface area contributed by atoms with Crippen LogP contribution in [-0.2, 0) is 19.6 Å². The van der Waals surface area contributed by atoms with Gasteiger partial charge in [-0.2, -0.15) is 0 Å². The van der Waals surface area contributed by atoms with Crippen molar-refractivity contribution in [3.63, 3.8) is 0 Å². The Bertz CT molecular complexity index is 793. The van der Waals surface area contributed by atoms with E-state index in [2.05, 4.69) is 0 Å². The highest BCUT2D eigenvalue weighted by atomic mass is 32.2. The summed E-state index contributed by atoms with van der Waals surface area (Å²) in [5, 5.41) is 0. The van der Waals surface area contributed by atoms with Crippen LogP contribution in [0.25, 0.3) is 0 Å². The largest absolute Gasteiger partial charge is 0.447 e. The molecule has 9 heteroatoms. The van der Waals surface area contributed by atoms with E-state index in [-0.39, 0.29) is 42.3 Å². The van der Waals surface area contributed by atoms with Gasteiger partial charge in [0, 0.05) is 32.6 Å². The van der Waals surface area contributed by atoms with Gasteiger partial charge >= 0.3 is 6.09 Å². The first-order valence-electron chi connectivity index (χ1n) is 12.1. The van der Waals surface area contributed by atoms with Crippen LogP contribution in [0.15, 0.2) is 0 Å². The van der Waals surface area contributed by atoms with Crippen molar-refractivity contribution in [1.82, 2.24) is 14.1 Å². The van der Waals surface area contributed by atoms with Crippen LogP contribution in [-0.4, -0.2) is 84.6 Å². The number of hydrogen-bond acceptors (Lipinski definition) is 5. The quantitative estimate of drug-likeness (QED) is 0.629. The fourth-order valence-electron chi connectivity index (χ4n) is 6.32. The Morgan fingerprint density at radius 2 is 1.59 bits per heavy atom. The number of carbonyl (C=O) groups is 2. The summed E-state index contributed by atoms with van der Waals surface area (Å²) in [5.41, 5.74) is 0. The van der Waals surface area contributed by atoms with Gasteiger partial charge in [0.2, 0.25) is 15.9 Å². The van der Waals surface area contributed by atoms with Crippen LogP contribution in [0, 0.1) is 11.8 Å². The molecule has 3 aliphatic rings. The lowest BCUT2D eigenvalue weighted by Gasteiger charge is -2.54. The number of rotatable bonds is 4. The van der Waals surface area contributed by atoms with Crippen molar-refractivity contribution in [3.8, 4) is 0 Å². The maximum absolute atomic E-state index is 12.9. The maximum Gasteiger partial charge on any atom is 0.410 e. The number of hydrogen-bond donors (Lipinski definition) is 0. The molecule has 0 aromatic heterocycles. The van der Waals surface area contributed by atoms with E-state index in [4.69, 9.17) is 4.74 Å². The van der Waals surface area contributed by atoms with E-state index in [1.165, 1.54) is 10.6 Å². The van der Waals surface area contributed by atoms with E-state index in [1.54, 1.807) is 14.0 Å². The van der Waals surface area contributed by atoms with Gasteiger partial charge in [-0.1, -0.05) is 0 Å². The van der Waals surface area contributed by atoms with Crippen molar-refractivity contribution < 1.29 is 22.7 Å². The molecule has 0 spiro atoms. The summed E-state index contributed by atoms with van der Waals surface area (Å²) >= 11 is 0. The molecule has 0 bridgehead atoms. The molecule has 1 saturated heterocycles. The maximum atomic E-state index is 12.9. The van der Waals surface area contributed by atoms with E-state index in [0.29, 0.717) is 18.4 Å². The molecular formula is C23H41N3O5S. The summed E-state index contributed by atoms with van der Waals surface area (Å²) in [7, 11) is -1.49. The van der Waals surface area contributed by atoms with Crippen LogP contribution in [0.3, 0.4) is 0 Å². The Hall–Kier alpha value is -1.35. The highest BCUT2D eigenvalue weighted by Crippen LogP contribution is 2.43. The topological polar surface area (TPSA) is 87.2 Å². The number of ether oxygens (including phenoxy) is 1. The molecule has 0 N–H and O–H groups in total. The number of amides is 2. The third-order valence-corrected chi connectivity index (χ3v) is 9.24. The zero-order valence-electron chi connectivity index (χ0n) is 20.5. The van der Waals surface area contributed by atoms with Gasteiger partial charge in [0.1, 0.15) is 0 Å². The normalized spacial score (nSPS) is 33.9. The molecule has 4 atom stereocenters. The molecule has 0 radical (unpaired) electrons. The number of carbonyl (C=O) groups excluding carboxylic acids is 2. The summed E-state index contributed by atoms with van der Waals surface area (Å²) in [4.78, 5) is 29.2. The summed E-state index contributed by atoms with van der Waals surface area (Å²) in [6.07, 6.45) is 7.43. The summed E-state index contributed by atoms with van der Waals surface area (Å²) in [6, 6.07) is 0.0854. The van der Waals surface area contributed by atoms with Gasteiger partial charge in [0.05, 0.1) is 24.4 Å². The Morgan fingerprint density at radius 3 is 2.12 bits per heavy atom.